The summed E-state index contributed by atoms with van der Waals surface area (Å²) in [5.41, 5.74) is 6.34. The third-order valence-corrected chi connectivity index (χ3v) is 6.29. The molecule has 10 heteroatoms. The van der Waals surface area contributed by atoms with E-state index in [4.69, 9.17) is 10.5 Å². The molecule has 1 aliphatic heterocycles. The van der Waals surface area contributed by atoms with Crippen molar-refractivity contribution in [3.8, 4) is 16.9 Å². The Morgan fingerprint density at radius 1 is 1.08 bits per heavy atom. The summed E-state index contributed by atoms with van der Waals surface area (Å²) in [5, 5.41) is 2.93. The second kappa shape index (κ2) is 11.6. The molecular formula is C27H28F4N4O2. The van der Waals surface area contributed by atoms with Crippen molar-refractivity contribution in [2.45, 2.75) is 25.4 Å². The number of pyridine rings is 1. The maximum atomic E-state index is 13.8. The Kier molecular flexibility index (Phi) is 8.27. The van der Waals surface area contributed by atoms with Crippen LogP contribution >= 0.6 is 0 Å². The first kappa shape index (κ1) is 26.4. The minimum atomic E-state index is -4.81. The maximum absolute atomic E-state index is 13.8. The molecule has 2 aromatic carbocycles. The van der Waals surface area contributed by atoms with Crippen LogP contribution in [-0.4, -0.2) is 48.6 Å². The van der Waals surface area contributed by atoms with E-state index < -0.39 is 17.6 Å². The van der Waals surface area contributed by atoms with Crippen LogP contribution in [0.2, 0.25) is 0 Å². The fraction of sp³-hybridized carbons (Fsp3) is 0.333. The van der Waals surface area contributed by atoms with Crippen LogP contribution in [-0.2, 0) is 12.6 Å². The molecule has 0 bridgehead atoms. The minimum Gasteiger partial charge on any atom is -0.489 e. The van der Waals surface area contributed by atoms with Gasteiger partial charge >= 0.3 is 6.18 Å². The van der Waals surface area contributed by atoms with E-state index in [0.29, 0.717) is 17.7 Å². The van der Waals surface area contributed by atoms with E-state index in [0.717, 1.165) is 31.3 Å². The molecule has 1 amide bonds. The number of ether oxygens (including phenoxy) is 1. The number of rotatable bonds is 9. The molecule has 3 aromatic rings. The number of nitrogens with two attached hydrogens (primary N) is 1. The van der Waals surface area contributed by atoms with Crippen molar-refractivity contribution in [2.75, 3.05) is 38.5 Å². The van der Waals surface area contributed by atoms with Gasteiger partial charge in [-0.05, 0) is 61.3 Å². The molecule has 0 atom stereocenters. The normalized spacial score (nSPS) is 14.1. The molecule has 1 fully saturated rings. The predicted octanol–water partition coefficient (Wildman–Crippen LogP) is 4.94. The SMILES string of the molecule is Nc1ncc(-c2ccc(C(=O)NCCN3CCCC3)cc2)cc1OCCc1cccc(F)c1C(F)(F)F. The first-order chi connectivity index (χ1) is 17.7. The number of halogens is 4. The number of benzene rings is 2. The number of hydrogen-bond donors (Lipinski definition) is 2. The van der Waals surface area contributed by atoms with Gasteiger partial charge in [0.2, 0.25) is 0 Å². The van der Waals surface area contributed by atoms with Gasteiger partial charge < -0.3 is 20.7 Å². The van der Waals surface area contributed by atoms with Crippen LogP contribution in [0, 0.1) is 5.82 Å². The molecule has 0 saturated carbocycles. The zero-order chi connectivity index (χ0) is 26.4. The van der Waals surface area contributed by atoms with E-state index in [9.17, 15) is 22.4 Å². The molecule has 0 spiro atoms. The molecule has 1 saturated heterocycles. The Morgan fingerprint density at radius 3 is 2.51 bits per heavy atom. The number of carbonyl (C=O) groups excluding carboxylic acids is 1. The van der Waals surface area contributed by atoms with Crippen LogP contribution in [0.3, 0.4) is 0 Å². The number of nitrogens with zero attached hydrogens (tertiary/aromatic N) is 2. The number of nitrogens with one attached hydrogen (secondary N) is 1. The Hall–Kier alpha value is -3.66. The number of nitrogen functional groups attached to an aromatic ring is 1. The number of likely N-dealkylation sites (tertiary alicyclic amines) is 1. The summed E-state index contributed by atoms with van der Waals surface area (Å²) in [5.74, 6) is -1.20. The maximum Gasteiger partial charge on any atom is 0.419 e. The van der Waals surface area contributed by atoms with Crippen LogP contribution in [0.1, 0.15) is 34.3 Å². The monoisotopic (exact) mass is 516 g/mol. The molecule has 1 aliphatic rings. The fourth-order valence-corrected chi connectivity index (χ4v) is 4.34. The molecule has 0 aliphatic carbocycles. The highest BCUT2D eigenvalue weighted by Crippen LogP contribution is 2.34. The minimum absolute atomic E-state index is 0.0769. The Bertz CT molecular complexity index is 1230. The van der Waals surface area contributed by atoms with Crippen molar-refractivity contribution >= 4 is 11.7 Å². The molecule has 3 N–H and O–H groups in total. The summed E-state index contributed by atoms with van der Waals surface area (Å²) in [6.07, 6.45) is -1.03. The lowest BCUT2D eigenvalue weighted by Crippen LogP contribution is -2.33. The third kappa shape index (κ3) is 6.76. The number of aromatic nitrogens is 1. The molecule has 4 rings (SSSR count). The van der Waals surface area contributed by atoms with Crippen LogP contribution in [0.15, 0.2) is 54.7 Å². The summed E-state index contributed by atoms with van der Waals surface area (Å²) in [6.45, 7) is 3.42. The van der Waals surface area contributed by atoms with Gasteiger partial charge in [0.15, 0.2) is 11.6 Å². The lowest BCUT2D eigenvalue weighted by Gasteiger charge is -2.15. The van der Waals surface area contributed by atoms with Crippen molar-refractivity contribution in [3.63, 3.8) is 0 Å². The average molecular weight is 517 g/mol. The molecule has 0 radical (unpaired) electrons. The zero-order valence-corrected chi connectivity index (χ0v) is 20.2. The van der Waals surface area contributed by atoms with Crippen LogP contribution in [0.4, 0.5) is 23.4 Å². The Labute approximate surface area is 212 Å². The van der Waals surface area contributed by atoms with Gasteiger partial charge in [0.1, 0.15) is 5.82 Å². The fourth-order valence-electron chi connectivity index (χ4n) is 4.34. The van der Waals surface area contributed by atoms with Gasteiger partial charge in [-0.2, -0.15) is 13.2 Å². The highest BCUT2D eigenvalue weighted by molar-refractivity contribution is 5.94. The number of alkyl halides is 3. The number of anilines is 1. The second-order valence-corrected chi connectivity index (χ2v) is 8.86. The molecule has 0 unspecified atom stereocenters. The molecule has 1 aromatic heterocycles. The van der Waals surface area contributed by atoms with Gasteiger partial charge in [-0.3, -0.25) is 4.79 Å². The van der Waals surface area contributed by atoms with E-state index in [1.807, 2.05) is 0 Å². The lowest BCUT2D eigenvalue weighted by molar-refractivity contribution is -0.140. The summed E-state index contributed by atoms with van der Waals surface area (Å²) in [4.78, 5) is 18.9. The van der Waals surface area contributed by atoms with Gasteiger partial charge in [0.25, 0.3) is 5.91 Å². The number of hydrogen-bond acceptors (Lipinski definition) is 5. The zero-order valence-electron chi connectivity index (χ0n) is 20.2. The number of carbonyl (C=O) groups is 1. The largest absolute Gasteiger partial charge is 0.489 e. The summed E-state index contributed by atoms with van der Waals surface area (Å²) < 4.78 is 59.1. The van der Waals surface area contributed by atoms with Gasteiger partial charge in [0.05, 0.1) is 12.2 Å². The van der Waals surface area contributed by atoms with Gasteiger partial charge in [-0.1, -0.05) is 24.3 Å². The third-order valence-electron chi connectivity index (χ3n) is 6.29. The van der Waals surface area contributed by atoms with E-state index in [2.05, 4.69) is 15.2 Å². The molecular weight excluding hydrogens is 488 g/mol. The van der Waals surface area contributed by atoms with E-state index in [1.165, 1.54) is 25.0 Å². The average Bonchev–Trinajstić information content (AvgIpc) is 3.38. The molecule has 196 valence electrons. The lowest BCUT2D eigenvalue weighted by atomic mass is 10.0. The van der Waals surface area contributed by atoms with Gasteiger partial charge in [-0.25, -0.2) is 9.37 Å². The quantitative estimate of drug-likeness (QED) is 0.394. The summed E-state index contributed by atoms with van der Waals surface area (Å²) in [7, 11) is 0. The van der Waals surface area contributed by atoms with Crippen LogP contribution in [0.5, 0.6) is 5.75 Å². The second-order valence-electron chi connectivity index (χ2n) is 8.86. The standard InChI is InChI=1S/C27H28F4N4O2/c28-22-5-3-4-19(24(22)27(29,30)31)10-15-37-23-16-21(17-34-25(23)32)18-6-8-20(9-7-18)26(36)33-11-14-35-12-1-2-13-35/h3-9,16-17H,1-2,10-15H2,(H2,32,34)(H,33,36). The molecule has 2 heterocycles. The van der Waals surface area contributed by atoms with Crippen molar-refractivity contribution in [1.29, 1.82) is 0 Å². The smallest absolute Gasteiger partial charge is 0.419 e. The van der Waals surface area contributed by atoms with E-state index in [-0.39, 0.29) is 36.1 Å². The van der Waals surface area contributed by atoms with E-state index in [1.54, 1.807) is 36.5 Å². The van der Waals surface area contributed by atoms with Gasteiger partial charge in [0, 0.05) is 36.8 Å². The topological polar surface area (TPSA) is 80.5 Å². The molecule has 6 nitrogen and oxygen atoms in total. The van der Waals surface area contributed by atoms with Crippen LogP contribution in [0.25, 0.3) is 11.1 Å². The first-order valence-corrected chi connectivity index (χ1v) is 12.1. The molecule has 37 heavy (non-hydrogen) atoms. The van der Waals surface area contributed by atoms with Crippen molar-refractivity contribution in [2.24, 2.45) is 0 Å². The number of amides is 1. The van der Waals surface area contributed by atoms with Crippen molar-refractivity contribution in [3.05, 3.63) is 77.2 Å². The van der Waals surface area contributed by atoms with Gasteiger partial charge in [-0.15, -0.1) is 0 Å². The van der Waals surface area contributed by atoms with Crippen molar-refractivity contribution < 1.29 is 27.1 Å². The summed E-state index contributed by atoms with van der Waals surface area (Å²) in [6, 6.07) is 11.8. The van der Waals surface area contributed by atoms with E-state index >= 15 is 0 Å². The Balaban J connectivity index is 1.37. The summed E-state index contributed by atoms with van der Waals surface area (Å²) >= 11 is 0. The van der Waals surface area contributed by atoms with Crippen molar-refractivity contribution in [1.82, 2.24) is 15.2 Å². The predicted molar refractivity (Wildman–Crippen MR) is 133 cm³/mol. The highest BCUT2D eigenvalue weighted by Gasteiger charge is 2.36. The first-order valence-electron chi connectivity index (χ1n) is 12.1. The highest BCUT2D eigenvalue weighted by atomic mass is 19.4. The Morgan fingerprint density at radius 2 is 1.81 bits per heavy atom. The van der Waals surface area contributed by atoms with Crippen LogP contribution < -0.4 is 15.8 Å².